The first-order valence-electron chi connectivity index (χ1n) is 11.8. The molecule has 0 bridgehead atoms. The zero-order valence-electron chi connectivity index (χ0n) is 20.9. The number of benzene rings is 3. The van der Waals surface area contributed by atoms with Gasteiger partial charge in [0.25, 0.3) is 0 Å². The van der Waals surface area contributed by atoms with Gasteiger partial charge in [-0.1, -0.05) is 67.1 Å². The third-order valence-corrected chi connectivity index (χ3v) is 7.53. The van der Waals surface area contributed by atoms with E-state index in [1.54, 1.807) is 43.3 Å². The van der Waals surface area contributed by atoms with E-state index in [1.165, 1.54) is 4.90 Å². The van der Waals surface area contributed by atoms with Crippen LogP contribution in [0.5, 0.6) is 0 Å². The minimum atomic E-state index is -3.82. The molecule has 3 aromatic rings. The number of halogens is 1. The zero-order chi connectivity index (χ0) is 26.5. The lowest BCUT2D eigenvalue weighted by Gasteiger charge is -2.32. The minimum Gasteiger partial charge on any atom is -0.352 e. The van der Waals surface area contributed by atoms with Crippen LogP contribution in [0.15, 0.2) is 66.7 Å². The lowest BCUT2D eigenvalue weighted by atomic mass is 10.1. The van der Waals surface area contributed by atoms with E-state index in [-0.39, 0.29) is 18.5 Å². The Bertz CT molecular complexity index is 1320. The van der Waals surface area contributed by atoms with Gasteiger partial charge < -0.3 is 10.2 Å². The van der Waals surface area contributed by atoms with Crippen molar-refractivity contribution in [2.24, 2.45) is 0 Å². The van der Waals surface area contributed by atoms with Gasteiger partial charge in [-0.2, -0.15) is 0 Å². The number of rotatable bonds is 10. The SMILES string of the molecule is CC[C@H](C)NC(=O)[C@@H](C)N(Cc1ccc(Cl)cc1)C(=O)CN(c1cccc2ccccc12)S(C)(=O)=O. The van der Waals surface area contributed by atoms with Crippen LogP contribution >= 0.6 is 11.6 Å². The van der Waals surface area contributed by atoms with Crippen molar-refractivity contribution in [3.63, 3.8) is 0 Å². The summed E-state index contributed by atoms with van der Waals surface area (Å²) in [6.45, 7) is 5.18. The largest absolute Gasteiger partial charge is 0.352 e. The Morgan fingerprint density at radius 1 is 0.972 bits per heavy atom. The second-order valence-electron chi connectivity index (χ2n) is 8.91. The Kier molecular flexibility index (Phi) is 8.98. The Morgan fingerprint density at radius 3 is 2.25 bits per heavy atom. The van der Waals surface area contributed by atoms with Gasteiger partial charge in [0.15, 0.2) is 0 Å². The van der Waals surface area contributed by atoms with Crippen LogP contribution in [0.2, 0.25) is 5.02 Å². The second-order valence-corrected chi connectivity index (χ2v) is 11.3. The van der Waals surface area contributed by atoms with Crippen molar-refractivity contribution >= 4 is 49.9 Å². The Morgan fingerprint density at radius 2 is 1.61 bits per heavy atom. The molecule has 0 saturated carbocycles. The van der Waals surface area contributed by atoms with E-state index in [2.05, 4.69) is 5.32 Å². The second kappa shape index (κ2) is 11.8. The molecule has 0 aliphatic heterocycles. The third-order valence-electron chi connectivity index (χ3n) is 6.15. The topological polar surface area (TPSA) is 86.8 Å². The maximum Gasteiger partial charge on any atom is 0.244 e. The molecule has 0 fully saturated rings. The summed E-state index contributed by atoms with van der Waals surface area (Å²) in [6, 6.07) is 18.8. The lowest BCUT2D eigenvalue weighted by Crippen LogP contribution is -2.52. The number of sulfonamides is 1. The molecule has 0 saturated heterocycles. The molecule has 192 valence electrons. The van der Waals surface area contributed by atoms with E-state index in [1.807, 2.05) is 44.2 Å². The number of carbonyl (C=O) groups is 2. The number of nitrogens with zero attached hydrogens (tertiary/aromatic N) is 2. The quantitative estimate of drug-likeness (QED) is 0.416. The standard InChI is InChI=1S/C27H32ClN3O4S/c1-5-19(2)29-27(33)20(3)30(17-21-13-15-23(28)16-14-21)26(32)18-31(36(4,34)35)25-12-8-10-22-9-6-7-11-24(22)25/h6-16,19-20H,5,17-18H2,1-4H3,(H,29,33)/t19-,20+/m0/s1. The van der Waals surface area contributed by atoms with E-state index < -0.39 is 28.5 Å². The maximum atomic E-state index is 13.7. The van der Waals surface area contributed by atoms with E-state index in [0.717, 1.165) is 27.9 Å². The van der Waals surface area contributed by atoms with Crippen LogP contribution in [-0.2, 0) is 26.2 Å². The molecule has 0 aliphatic rings. The van der Waals surface area contributed by atoms with Gasteiger partial charge >= 0.3 is 0 Å². The summed E-state index contributed by atoms with van der Waals surface area (Å²) in [5.41, 5.74) is 1.18. The van der Waals surface area contributed by atoms with Gasteiger partial charge in [0.2, 0.25) is 21.8 Å². The molecule has 0 aliphatic carbocycles. The van der Waals surface area contributed by atoms with Crippen LogP contribution in [0.4, 0.5) is 5.69 Å². The van der Waals surface area contributed by atoms with Crippen LogP contribution in [0.25, 0.3) is 10.8 Å². The maximum absolute atomic E-state index is 13.7. The predicted octanol–water partition coefficient (Wildman–Crippen LogP) is 4.59. The molecule has 1 N–H and O–H groups in total. The van der Waals surface area contributed by atoms with Gasteiger partial charge in [-0.05, 0) is 49.4 Å². The van der Waals surface area contributed by atoms with E-state index in [9.17, 15) is 18.0 Å². The third kappa shape index (κ3) is 6.77. The number of hydrogen-bond donors (Lipinski definition) is 1. The van der Waals surface area contributed by atoms with Gasteiger partial charge in [0, 0.05) is 23.0 Å². The van der Waals surface area contributed by atoms with Crippen LogP contribution in [-0.4, -0.2) is 50.0 Å². The molecular weight excluding hydrogens is 498 g/mol. The van der Waals surface area contributed by atoms with Crippen molar-refractivity contribution in [1.29, 1.82) is 0 Å². The molecule has 0 heterocycles. The monoisotopic (exact) mass is 529 g/mol. The Labute approximate surface area is 218 Å². The molecule has 36 heavy (non-hydrogen) atoms. The highest BCUT2D eigenvalue weighted by Gasteiger charge is 2.31. The number of nitrogens with one attached hydrogen (secondary N) is 1. The van der Waals surface area contributed by atoms with Crippen LogP contribution in [0.1, 0.15) is 32.8 Å². The molecule has 0 unspecified atom stereocenters. The summed E-state index contributed by atoms with van der Waals surface area (Å²) in [5, 5.41) is 5.04. The number of carbonyl (C=O) groups excluding carboxylic acids is 2. The highest BCUT2D eigenvalue weighted by molar-refractivity contribution is 7.92. The Balaban J connectivity index is 1.98. The fourth-order valence-electron chi connectivity index (χ4n) is 3.86. The summed E-state index contributed by atoms with van der Waals surface area (Å²) in [6.07, 6.45) is 1.82. The van der Waals surface area contributed by atoms with Gasteiger partial charge in [0.05, 0.1) is 11.9 Å². The molecule has 2 amide bonds. The average Bonchev–Trinajstić information content (AvgIpc) is 2.85. The van der Waals surface area contributed by atoms with Crippen molar-refractivity contribution in [2.45, 2.75) is 45.8 Å². The first kappa shape index (κ1) is 27.5. The lowest BCUT2D eigenvalue weighted by molar-refractivity contribution is -0.139. The van der Waals surface area contributed by atoms with E-state index in [4.69, 9.17) is 11.6 Å². The van der Waals surface area contributed by atoms with Crippen LogP contribution in [0, 0.1) is 0 Å². The number of fused-ring (bicyclic) bond motifs is 1. The summed E-state index contributed by atoms with van der Waals surface area (Å²) in [5.74, 6) is -0.794. The molecule has 9 heteroatoms. The van der Waals surface area contributed by atoms with E-state index >= 15 is 0 Å². The molecule has 0 spiro atoms. The first-order valence-corrected chi connectivity index (χ1v) is 14.0. The molecule has 2 atom stereocenters. The highest BCUT2D eigenvalue weighted by Crippen LogP contribution is 2.28. The van der Waals surface area contributed by atoms with E-state index in [0.29, 0.717) is 16.1 Å². The fourth-order valence-corrected chi connectivity index (χ4v) is 4.84. The normalized spacial score (nSPS) is 13.1. The summed E-state index contributed by atoms with van der Waals surface area (Å²) < 4.78 is 26.9. The number of anilines is 1. The Hall–Kier alpha value is -3.10. The van der Waals surface area contributed by atoms with Gasteiger partial charge in [-0.15, -0.1) is 0 Å². The average molecular weight is 530 g/mol. The van der Waals surface area contributed by atoms with Crippen LogP contribution in [0.3, 0.4) is 0 Å². The van der Waals surface area contributed by atoms with Crippen molar-refractivity contribution < 1.29 is 18.0 Å². The molecule has 3 aromatic carbocycles. The van der Waals surface area contributed by atoms with Crippen molar-refractivity contribution in [3.8, 4) is 0 Å². The summed E-state index contributed by atoms with van der Waals surface area (Å²) in [7, 11) is -3.82. The van der Waals surface area contributed by atoms with Gasteiger partial charge in [-0.3, -0.25) is 13.9 Å². The van der Waals surface area contributed by atoms with Crippen molar-refractivity contribution in [3.05, 3.63) is 77.3 Å². The molecule has 3 rings (SSSR count). The zero-order valence-corrected chi connectivity index (χ0v) is 22.5. The summed E-state index contributed by atoms with van der Waals surface area (Å²) >= 11 is 6.01. The first-order chi connectivity index (χ1) is 17.0. The number of hydrogen-bond acceptors (Lipinski definition) is 4. The predicted molar refractivity (Wildman–Crippen MR) is 145 cm³/mol. The molecular formula is C27H32ClN3O4S. The fraction of sp³-hybridized carbons (Fsp3) is 0.333. The van der Waals surface area contributed by atoms with Crippen LogP contribution < -0.4 is 9.62 Å². The van der Waals surface area contributed by atoms with Gasteiger partial charge in [-0.25, -0.2) is 8.42 Å². The molecule has 0 radical (unpaired) electrons. The van der Waals surface area contributed by atoms with Crippen molar-refractivity contribution in [1.82, 2.24) is 10.2 Å². The highest BCUT2D eigenvalue weighted by atomic mass is 35.5. The van der Waals surface area contributed by atoms with Gasteiger partial charge in [0.1, 0.15) is 12.6 Å². The van der Waals surface area contributed by atoms with Crippen molar-refractivity contribution in [2.75, 3.05) is 17.1 Å². The molecule has 7 nitrogen and oxygen atoms in total. The smallest absolute Gasteiger partial charge is 0.244 e. The number of amides is 2. The minimum absolute atomic E-state index is 0.0596. The molecule has 0 aromatic heterocycles. The summed E-state index contributed by atoms with van der Waals surface area (Å²) in [4.78, 5) is 28.1.